The van der Waals surface area contributed by atoms with Crippen molar-refractivity contribution < 1.29 is 48.0 Å². The lowest BCUT2D eigenvalue weighted by Crippen LogP contribution is -2.57. The van der Waals surface area contributed by atoms with Crippen LogP contribution >= 0.6 is 0 Å². The first-order valence-electron chi connectivity index (χ1n) is 21.0. The summed E-state index contributed by atoms with van der Waals surface area (Å²) in [6.45, 7) is 19.0. The first-order chi connectivity index (χ1) is 27.0. The number of amides is 1. The maximum Gasteiger partial charge on any atom is 0.340 e. The molecule has 0 fully saturated rings. The topological polar surface area (TPSA) is 155 Å². The summed E-state index contributed by atoms with van der Waals surface area (Å²) in [6.07, 6.45) is 12.6. The van der Waals surface area contributed by atoms with Gasteiger partial charge in [0.25, 0.3) is 0 Å². The van der Waals surface area contributed by atoms with Gasteiger partial charge in [0.2, 0.25) is 5.91 Å². The van der Waals surface area contributed by atoms with Crippen LogP contribution in [0.2, 0.25) is 0 Å². The number of nitrogens with one attached hydrogen (secondary N) is 1. The molecule has 1 unspecified atom stereocenters. The summed E-state index contributed by atoms with van der Waals surface area (Å²) in [4.78, 5) is 67.6. The Hall–Kier alpha value is -4.17. The second-order valence-corrected chi connectivity index (χ2v) is 17.9. The summed E-state index contributed by atoms with van der Waals surface area (Å²) in [6, 6.07) is 5.70. The molecule has 0 aliphatic heterocycles. The zero-order chi connectivity index (χ0) is 44.0. The maximum absolute atomic E-state index is 14.4. The third-order valence-electron chi connectivity index (χ3n) is 8.71. The molecule has 58 heavy (non-hydrogen) atoms. The van der Waals surface area contributed by atoms with Gasteiger partial charge in [0.1, 0.15) is 41.0 Å². The van der Waals surface area contributed by atoms with Crippen LogP contribution in [-0.2, 0) is 44.6 Å². The molecule has 0 saturated carbocycles. The van der Waals surface area contributed by atoms with E-state index >= 15 is 0 Å². The van der Waals surface area contributed by atoms with Crippen molar-refractivity contribution in [2.45, 2.75) is 194 Å². The van der Waals surface area contributed by atoms with E-state index in [0.29, 0.717) is 36.4 Å². The molecule has 0 spiro atoms. The summed E-state index contributed by atoms with van der Waals surface area (Å²) in [5.41, 5.74) is -4.98. The van der Waals surface area contributed by atoms with Gasteiger partial charge in [-0.25, -0.2) is 9.59 Å². The standard InChI is InChI=1S/C47H73NO10/c1-12-14-16-19-22-25-36(49)26-23-20-17-18-21-24-27-38(47(54,43(53)58-46(9,10)11)34-40(50)56-44(3,4)5)41(51)48-39(42(52)57-45(6,7)8)33-35-28-30-37(31-29-35)55-32-15-13-2/h24,27-31,38-39,54H,12,14,16-23,25-26,32-34H2,1-11H3,(H,48,51)/b27-24+/t38-,39?,47+/m1/s1. The fourth-order valence-electron chi connectivity index (χ4n) is 5.93. The van der Waals surface area contributed by atoms with Crippen molar-refractivity contribution in [2.24, 2.45) is 5.92 Å². The molecule has 0 radical (unpaired) electrons. The molecule has 0 saturated heterocycles. The number of unbranched alkanes of at least 4 members (excludes halogenated alkanes) is 8. The van der Waals surface area contributed by atoms with Gasteiger partial charge in [0.05, 0.1) is 12.3 Å². The van der Waals surface area contributed by atoms with Crippen LogP contribution in [0.5, 0.6) is 5.75 Å². The van der Waals surface area contributed by atoms with Crippen molar-refractivity contribution >= 4 is 29.6 Å². The van der Waals surface area contributed by atoms with Crippen LogP contribution in [0.1, 0.15) is 165 Å². The van der Waals surface area contributed by atoms with Crippen LogP contribution in [0.15, 0.2) is 36.4 Å². The van der Waals surface area contributed by atoms with Crippen molar-refractivity contribution in [2.75, 3.05) is 6.61 Å². The molecule has 3 atom stereocenters. The number of esters is 3. The summed E-state index contributed by atoms with van der Waals surface area (Å²) in [7, 11) is 0. The minimum absolute atomic E-state index is 0.00439. The number of benzene rings is 1. The van der Waals surface area contributed by atoms with Gasteiger partial charge in [0, 0.05) is 19.3 Å². The molecular weight excluding hydrogens is 739 g/mol. The van der Waals surface area contributed by atoms with E-state index in [1.54, 1.807) is 99.6 Å². The molecular formula is C47H73NO10. The Morgan fingerprint density at radius 3 is 1.84 bits per heavy atom. The fourth-order valence-corrected chi connectivity index (χ4v) is 5.93. The zero-order valence-corrected chi connectivity index (χ0v) is 37.3. The Kier molecular flexibility index (Phi) is 22.7. The number of ketones is 1. The van der Waals surface area contributed by atoms with Crippen LogP contribution < -0.4 is 10.1 Å². The van der Waals surface area contributed by atoms with Gasteiger partial charge >= 0.3 is 17.9 Å². The van der Waals surface area contributed by atoms with Gasteiger partial charge in [0.15, 0.2) is 5.60 Å². The summed E-state index contributed by atoms with van der Waals surface area (Å²) in [5, 5.41) is 15.0. The Labute approximate surface area is 348 Å². The number of Topliss-reactive ketones (excluding diaryl/α,β-unsaturated/α-hetero) is 1. The number of ether oxygens (including phenoxy) is 4. The molecule has 0 aliphatic carbocycles. The van der Waals surface area contributed by atoms with E-state index in [0.717, 1.165) is 38.5 Å². The Morgan fingerprint density at radius 2 is 1.31 bits per heavy atom. The van der Waals surface area contributed by atoms with E-state index in [1.165, 1.54) is 25.3 Å². The first kappa shape index (κ1) is 51.8. The van der Waals surface area contributed by atoms with E-state index < -0.39 is 64.6 Å². The number of rotatable bonds is 25. The molecule has 326 valence electrons. The molecule has 1 aromatic carbocycles. The van der Waals surface area contributed by atoms with Crippen molar-refractivity contribution in [3.63, 3.8) is 0 Å². The third kappa shape index (κ3) is 22.7. The number of hydrogen-bond acceptors (Lipinski definition) is 10. The van der Waals surface area contributed by atoms with Crippen LogP contribution in [0.4, 0.5) is 0 Å². The highest BCUT2D eigenvalue weighted by molar-refractivity contribution is 5.96. The highest BCUT2D eigenvalue weighted by Gasteiger charge is 2.52. The number of aliphatic hydroxyl groups is 1. The van der Waals surface area contributed by atoms with E-state index in [-0.39, 0.29) is 13.0 Å². The quantitative estimate of drug-likeness (QED) is 0.0322. The molecule has 0 aliphatic rings. The summed E-state index contributed by atoms with van der Waals surface area (Å²) >= 11 is 0. The van der Waals surface area contributed by atoms with Crippen molar-refractivity contribution in [1.29, 1.82) is 0 Å². The molecule has 0 aromatic heterocycles. The molecule has 11 nitrogen and oxygen atoms in total. The first-order valence-corrected chi connectivity index (χ1v) is 21.0. The minimum atomic E-state index is -2.72. The average Bonchev–Trinajstić information content (AvgIpc) is 3.09. The van der Waals surface area contributed by atoms with Gasteiger partial charge in [-0.1, -0.05) is 75.7 Å². The second-order valence-electron chi connectivity index (χ2n) is 17.9. The van der Waals surface area contributed by atoms with Crippen LogP contribution in [0.3, 0.4) is 0 Å². The molecule has 2 N–H and O–H groups in total. The van der Waals surface area contributed by atoms with Crippen LogP contribution in [0.25, 0.3) is 0 Å². The second kappa shape index (κ2) is 25.3. The molecule has 1 rings (SSSR count). The zero-order valence-electron chi connectivity index (χ0n) is 37.3. The number of allylic oxidation sites excluding steroid dienone is 1. The molecule has 1 amide bonds. The SMILES string of the molecule is CC#CCOc1ccc(CC(NC(=O)[C@@H](/C=C/CCCCCCC(=O)CCCCCCC)[C@@](O)(CC(=O)OC(C)(C)C)C(=O)OC(C)(C)C)C(=O)OC(C)(C)C)cc1. The molecule has 0 bridgehead atoms. The van der Waals surface area contributed by atoms with Crippen molar-refractivity contribution in [1.82, 2.24) is 5.32 Å². The van der Waals surface area contributed by atoms with E-state index in [4.69, 9.17) is 18.9 Å². The minimum Gasteiger partial charge on any atom is -0.481 e. The van der Waals surface area contributed by atoms with Gasteiger partial charge in [-0.05, 0) is 113 Å². The lowest BCUT2D eigenvalue weighted by Gasteiger charge is -2.35. The van der Waals surface area contributed by atoms with Gasteiger partial charge in [-0.15, -0.1) is 5.92 Å². The highest BCUT2D eigenvalue weighted by Crippen LogP contribution is 2.30. The van der Waals surface area contributed by atoms with Crippen molar-refractivity contribution in [3.8, 4) is 17.6 Å². The van der Waals surface area contributed by atoms with Gasteiger partial charge in [-0.2, -0.15) is 0 Å². The summed E-state index contributed by atoms with van der Waals surface area (Å²) in [5.74, 6) is 1.05. The lowest BCUT2D eigenvalue weighted by molar-refractivity contribution is -0.190. The predicted octanol–water partition coefficient (Wildman–Crippen LogP) is 8.70. The lowest BCUT2D eigenvalue weighted by atomic mass is 9.82. The van der Waals surface area contributed by atoms with E-state index in [2.05, 4.69) is 24.1 Å². The maximum atomic E-state index is 14.4. The third-order valence-corrected chi connectivity index (χ3v) is 8.71. The monoisotopic (exact) mass is 812 g/mol. The summed E-state index contributed by atoms with van der Waals surface area (Å²) < 4.78 is 22.4. The van der Waals surface area contributed by atoms with Gasteiger partial charge in [-0.3, -0.25) is 14.4 Å². The molecule has 0 heterocycles. The van der Waals surface area contributed by atoms with E-state index in [9.17, 15) is 29.1 Å². The number of hydrogen-bond donors (Lipinski definition) is 2. The normalized spacial score (nSPS) is 14.0. The predicted molar refractivity (Wildman–Crippen MR) is 227 cm³/mol. The molecule has 1 aromatic rings. The fraction of sp³-hybridized carbons (Fsp3) is 0.681. The van der Waals surface area contributed by atoms with Crippen LogP contribution in [0, 0.1) is 17.8 Å². The number of carbonyl (C=O) groups excluding carboxylic acids is 5. The Bertz CT molecular complexity index is 1530. The largest absolute Gasteiger partial charge is 0.481 e. The van der Waals surface area contributed by atoms with Crippen molar-refractivity contribution in [3.05, 3.63) is 42.0 Å². The number of carbonyl (C=O) groups is 5. The average molecular weight is 812 g/mol. The van der Waals surface area contributed by atoms with Gasteiger partial charge < -0.3 is 29.4 Å². The van der Waals surface area contributed by atoms with Crippen LogP contribution in [-0.4, -0.2) is 69.8 Å². The molecule has 11 heteroatoms. The van der Waals surface area contributed by atoms with E-state index in [1.807, 2.05) is 0 Å². The Morgan fingerprint density at radius 1 is 0.759 bits per heavy atom. The smallest absolute Gasteiger partial charge is 0.340 e. The highest BCUT2D eigenvalue weighted by atomic mass is 16.6. The Balaban J connectivity index is 3.41.